The van der Waals surface area contributed by atoms with Crippen molar-refractivity contribution in [1.29, 1.82) is 0 Å². The average Bonchev–Trinajstić information content (AvgIpc) is 2.20. The number of aromatic nitrogens is 1. The number of nitro groups is 1. The van der Waals surface area contributed by atoms with Gasteiger partial charge in [-0.15, -0.1) is 0 Å². The first kappa shape index (κ1) is 11.8. The Morgan fingerprint density at radius 2 is 2.27 bits per heavy atom. The lowest BCUT2D eigenvalue weighted by Gasteiger charge is -2.09. The Balaban J connectivity index is 3.00. The summed E-state index contributed by atoms with van der Waals surface area (Å²) in [5, 5.41) is 10.5. The summed E-state index contributed by atoms with van der Waals surface area (Å²) in [6.45, 7) is 2.38. The number of nitrogens with zero attached hydrogens (tertiary/aromatic N) is 2. The molecule has 1 aromatic heterocycles. The third-order valence-corrected chi connectivity index (χ3v) is 2.62. The summed E-state index contributed by atoms with van der Waals surface area (Å²) in [6.07, 6.45) is 1.27. The number of pyridine rings is 1. The second kappa shape index (κ2) is 4.97. The van der Waals surface area contributed by atoms with Gasteiger partial charge in [0.15, 0.2) is 0 Å². The van der Waals surface area contributed by atoms with Crippen molar-refractivity contribution in [3.05, 3.63) is 38.8 Å². The van der Waals surface area contributed by atoms with Gasteiger partial charge in [0.25, 0.3) is 11.2 Å². The summed E-state index contributed by atoms with van der Waals surface area (Å²) in [5.74, 6) is 0.836. The first-order valence-corrected chi connectivity index (χ1v) is 5.13. The zero-order valence-electron chi connectivity index (χ0n) is 8.29. The molecule has 0 aliphatic carbocycles. The molecule has 0 amide bonds. The first-order chi connectivity index (χ1) is 7.04. The SMILES string of the molecule is CC(CS)Cn1cc([N+](=O)[O-])ccc1=O. The van der Waals surface area contributed by atoms with Crippen LogP contribution in [-0.4, -0.2) is 15.2 Å². The van der Waals surface area contributed by atoms with Crippen molar-refractivity contribution in [2.24, 2.45) is 5.92 Å². The lowest BCUT2D eigenvalue weighted by atomic mass is 10.2. The second-order valence-electron chi connectivity index (χ2n) is 3.42. The molecule has 1 aromatic rings. The van der Waals surface area contributed by atoms with Gasteiger partial charge in [0.2, 0.25) is 0 Å². The molecule has 0 fully saturated rings. The highest BCUT2D eigenvalue weighted by atomic mass is 32.1. The summed E-state index contributed by atoms with van der Waals surface area (Å²) in [6, 6.07) is 2.42. The van der Waals surface area contributed by atoms with Gasteiger partial charge in [-0.3, -0.25) is 14.9 Å². The topological polar surface area (TPSA) is 65.1 Å². The van der Waals surface area contributed by atoms with Crippen LogP contribution >= 0.6 is 12.6 Å². The fourth-order valence-electron chi connectivity index (χ4n) is 1.16. The average molecular weight is 228 g/mol. The number of hydrogen-bond donors (Lipinski definition) is 1. The Morgan fingerprint density at radius 1 is 1.60 bits per heavy atom. The quantitative estimate of drug-likeness (QED) is 0.480. The van der Waals surface area contributed by atoms with Gasteiger partial charge in [0, 0.05) is 18.7 Å². The Kier molecular flexibility index (Phi) is 3.90. The maximum Gasteiger partial charge on any atom is 0.285 e. The van der Waals surface area contributed by atoms with E-state index in [9.17, 15) is 14.9 Å². The Bertz CT molecular complexity index is 416. The fraction of sp³-hybridized carbons (Fsp3) is 0.444. The maximum absolute atomic E-state index is 11.4. The molecule has 0 saturated carbocycles. The van der Waals surface area contributed by atoms with Crippen molar-refractivity contribution in [1.82, 2.24) is 4.57 Å². The summed E-state index contributed by atoms with van der Waals surface area (Å²) in [4.78, 5) is 21.3. The maximum atomic E-state index is 11.4. The lowest BCUT2D eigenvalue weighted by molar-refractivity contribution is -0.385. The predicted octanol–water partition coefficient (Wildman–Crippen LogP) is 1.32. The minimum atomic E-state index is -0.513. The van der Waals surface area contributed by atoms with E-state index < -0.39 is 4.92 Å². The lowest BCUT2D eigenvalue weighted by Crippen LogP contribution is -2.22. The first-order valence-electron chi connectivity index (χ1n) is 4.50. The largest absolute Gasteiger partial charge is 0.309 e. The van der Waals surface area contributed by atoms with Crippen LogP contribution in [0.15, 0.2) is 23.1 Å². The van der Waals surface area contributed by atoms with Gasteiger partial charge in [-0.1, -0.05) is 6.92 Å². The summed E-state index contributed by atoms with van der Waals surface area (Å²) in [7, 11) is 0. The van der Waals surface area contributed by atoms with Gasteiger partial charge in [-0.25, -0.2) is 0 Å². The summed E-state index contributed by atoms with van der Waals surface area (Å²) < 4.78 is 1.35. The zero-order valence-corrected chi connectivity index (χ0v) is 9.18. The Hall–Kier alpha value is -1.30. The van der Waals surface area contributed by atoms with E-state index in [1.54, 1.807) is 0 Å². The third kappa shape index (κ3) is 3.09. The molecule has 0 bridgehead atoms. The van der Waals surface area contributed by atoms with Crippen LogP contribution in [0, 0.1) is 16.0 Å². The van der Waals surface area contributed by atoms with E-state index in [0.717, 1.165) is 0 Å². The van der Waals surface area contributed by atoms with E-state index in [4.69, 9.17) is 0 Å². The molecule has 15 heavy (non-hydrogen) atoms. The number of hydrogen-bond acceptors (Lipinski definition) is 4. The monoisotopic (exact) mass is 228 g/mol. The van der Waals surface area contributed by atoms with E-state index in [1.165, 1.54) is 22.9 Å². The van der Waals surface area contributed by atoms with E-state index in [1.807, 2.05) is 6.92 Å². The van der Waals surface area contributed by atoms with Gasteiger partial charge in [-0.2, -0.15) is 12.6 Å². The highest BCUT2D eigenvalue weighted by Crippen LogP contribution is 2.08. The van der Waals surface area contributed by atoms with Crippen LogP contribution in [0.4, 0.5) is 5.69 Å². The van der Waals surface area contributed by atoms with Crippen LogP contribution in [0.1, 0.15) is 6.92 Å². The number of rotatable bonds is 4. The van der Waals surface area contributed by atoms with Crippen LogP contribution in [0.5, 0.6) is 0 Å². The third-order valence-electron chi connectivity index (χ3n) is 2.00. The molecule has 0 saturated heterocycles. The van der Waals surface area contributed by atoms with Crippen molar-refractivity contribution in [2.45, 2.75) is 13.5 Å². The number of thiol groups is 1. The van der Waals surface area contributed by atoms with E-state index in [0.29, 0.717) is 12.3 Å². The molecular formula is C9H12N2O3S. The summed E-state index contributed by atoms with van der Waals surface area (Å²) in [5.41, 5.74) is -0.296. The molecule has 1 unspecified atom stereocenters. The van der Waals surface area contributed by atoms with Crippen molar-refractivity contribution in [2.75, 3.05) is 5.75 Å². The molecule has 0 spiro atoms. The molecule has 0 aliphatic rings. The smallest absolute Gasteiger partial charge is 0.285 e. The van der Waals surface area contributed by atoms with Crippen LogP contribution in [0.25, 0.3) is 0 Å². The molecule has 0 N–H and O–H groups in total. The van der Waals surface area contributed by atoms with Crippen molar-refractivity contribution in [3.8, 4) is 0 Å². The molecule has 82 valence electrons. The molecule has 5 nitrogen and oxygen atoms in total. The minimum absolute atomic E-state index is 0.0686. The summed E-state index contributed by atoms with van der Waals surface area (Å²) >= 11 is 4.10. The molecule has 1 atom stereocenters. The van der Waals surface area contributed by atoms with Gasteiger partial charge < -0.3 is 4.57 Å². The molecule has 1 heterocycles. The van der Waals surface area contributed by atoms with Crippen LogP contribution in [0.2, 0.25) is 0 Å². The molecular weight excluding hydrogens is 216 g/mol. The molecule has 0 radical (unpaired) electrons. The Morgan fingerprint density at radius 3 is 2.80 bits per heavy atom. The van der Waals surface area contributed by atoms with Gasteiger partial charge >= 0.3 is 0 Å². The van der Waals surface area contributed by atoms with E-state index in [-0.39, 0.29) is 17.2 Å². The molecule has 1 rings (SSSR count). The van der Waals surface area contributed by atoms with Crippen LogP contribution in [0.3, 0.4) is 0 Å². The minimum Gasteiger partial charge on any atom is -0.309 e. The van der Waals surface area contributed by atoms with Gasteiger partial charge in [0.1, 0.15) is 0 Å². The zero-order chi connectivity index (χ0) is 11.4. The van der Waals surface area contributed by atoms with Crippen LogP contribution < -0.4 is 5.56 Å². The van der Waals surface area contributed by atoms with Crippen molar-refractivity contribution < 1.29 is 4.92 Å². The second-order valence-corrected chi connectivity index (χ2v) is 3.79. The normalized spacial score (nSPS) is 12.4. The van der Waals surface area contributed by atoms with E-state index >= 15 is 0 Å². The molecule has 0 aromatic carbocycles. The van der Waals surface area contributed by atoms with Gasteiger partial charge in [-0.05, 0) is 11.7 Å². The van der Waals surface area contributed by atoms with Crippen molar-refractivity contribution in [3.63, 3.8) is 0 Å². The van der Waals surface area contributed by atoms with Crippen molar-refractivity contribution >= 4 is 18.3 Å². The molecule has 0 aliphatic heterocycles. The van der Waals surface area contributed by atoms with E-state index in [2.05, 4.69) is 12.6 Å². The standard InChI is InChI=1S/C9H12N2O3S/c1-7(6-15)4-10-5-8(11(13)14)2-3-9(10)12/h2-3,5,7,15H,4,6H2,1H3. The molecule has 6 heteroatoms. The highest BCUT2D eigenvalue weighted by Gasteiger charge is 2.09. The fourth-order valence-corrected chi connectivity index (χ4v) is 1.28. The van der Waals surface area contributed by atoms with Gasteiger partial charge in [0.05, 0.1) is 11.1 Å². The Labute approximate surface area is 92.3 Å². The van der Waals surface area contributed by atoms with Crippen LogP contribution in [-0.2, 0) is 6.54 Å². The highest BCUT2D eigenvalue weighted by molar-refractivity contribution is 7.80. The predicted molar refractivity (Wildman–Crippen MR) is 60.4 cm³/mol.